The summed E-state index contributed by atoms with van der Waals surface area (Å²) in [6, 6.07) is 49.8. The monoisotopic (exact) mass is 609 g/mol. The molecule has 0 aliphatic carbocycles. The van der Waals surface area contributed by atoms with E-state index in [0.717, 1.165) is 32.5 Å². The van der Waals surface area contributed by atoms with E-state index in [1.807, 2.05) is 11.3 Å². The second-order valence-electron chi connectivity index (χ2n) is 11.4. The highest BCUT2D eigenvalue weighted by Crippen LogP contribution is 2.44. The molecule has 0 bridgehead atoms. The van der Waals surface area contributed by atoms with E-state index in [9.17, 15) is 0 Å². The van der Waals surface area contributed by atoms with Crippen molar-refractivity contribution in [1.29, 1.82) is 0 Å². The maximum atomic E-state index is 5.50. The number of fused-ring (bicyclic) bond motifs is 10. The quantitative estimate of drug-likeness (QED) is 0.199. The number of nitrogens with zero attached hydrogens (tertiary/aromatic N) is 3. The lowest BCUT2D eigenvalue weighted by Gasteiger charge is -2.12. The Morgan fingerprint density at radius 3 is 1.96 bits per heavy atom. The Morgan fingerprint density at radius 1 is 0.444 bits per heavy atom. The molecule has 45 heavy (non-hydrogen) atoms. The van der Waals surface area contributed by atoms with Crippen molar-refractivity contribution in [2.75, 3.05) is 0 Å². The number of hydrogen-bond donors (Lipinski definition) is 0. The first-order chi connectivity index (χ1) is 22.3. The average Bonchev–Trinajstić information content (AvgIpc) is 3.77. The molecule has 0 unspecified atom stereocenters. The third kappa shape index (κ3) is 3.69. The fourth-order valence-corrected chi connectivity index (χ4v) is 9.05. The van der Waals surface area contributed by atoms with E-state index >= 15 is 0 Å². The Morgan fingerprint density at radius 2 is 1.11 bits per heavy atom. The molecule has 5 heteroatoms. The Kier molecular flexibility index (Phi) is 5.32. The van der Waals surface area contributed by atoms with Gasteiger partial charge in [-0.1, -0.05) is 109 Å². The van der Waals surface area contributed by atoms with E-state index in [0.29, 0.717) is 5.95 Å². The SMILES string of the molecule is c1ccc(-c2cccc(-c3nc(-n4c5ccccc5c5ccc6sc7ccccc7c6c54)nc4sc5ccccc5c34)c2)cc1. The third-order valence-electron chi connectivity index (χ3n) is 8.84. The van der Waals surface area contributed by atoms with Gasteiger partial charge in [0.15, 0.2) is 0 Å². The number of benzene rings is 6. The van der Waals surface area contributed by atoms with Crippen molar-refractivity contribution in [1.82, 2.24) is 14.5 Å². The van der Waals surface area contributed by atoms with Crippen molar-refractivity contribution >= 4 is 85.0 Å². The van der Waals surface area contributed by atoms with Crippen LogP contribution in [0.2, 0.25) is 0 Å². The normalized spacial score (nSPS) is 12.0. The van der Waals surface area contributed by atoms with Crippen LogP contribution in [0.25, 0.3) is 90.6 Å². The molecule has 0 aliphatic heterocycles. The van der Waals surface area contributed by atoms with E-state index in [4.69, 9.17) is 9.97 Å². The van der Waals surface area contributed by atoms with Crippen LogP contribution in [0.3, 0.4) is 0 Å². The number of thiophene rings is 2. The summed E-state index contributed by atoms with van der Waals surface area (Å²) in [6.45, 7) is 0. The Balaban J connectivity index is 1.35. The average molecular weight is 610 g/mol. The molecule has 3 nitrogen and oxygen atoms in total. The van der Waals surface area contributed by atoms with Crippen LogP contribution in [-0.2, 0) is 0 Å². The van der Waals surface area contributed by atoms with Crippen molar-refractivity contribution in [3.63, 3.8) is 0 Å². The van der Waals surface area contributed by atoms with Crippen LogP contribution in [0.1, 0.15) is 0 Å². The molecular formula is C40H23N3S2. The molecule has 0 saturated heterocycles. The zero-order valence-electron chi connectivity index (χ0n) is 23.9. The molecule has 4 heterocycles. The Labute approximate surface area is 266 Å². The van der Waals surface area contributed by atoms with Crippen molar-refractivity contribution in [2.45, 2.75) is 0 Å². The minimum absolute atomic E-state index is 0.697. The Bertz CT molecular complexity index is 2770. The summed E-state index contributed by atoms with van der Waals surface area (Å²) in [4.78, 5) is 11.9. The maximum absolute atomic E-state index is 5.50. The highest BCUT2D eigenvalue weighted by molar-refractivity contribution is 7.26. The first-order valence-corrected chi connectivity index (χ1v) is 16.6. The molecular weight excluding hydrogens is 587 g/mol. The van der Waals surface area contributed by atoms with Crippen LogP contribution in [0.4, 0.5) is 0 Å². The minimum Gasteiger partial charge on any atom is -0.277 e. The second-order valence-corrected chi connectivity index (χ2v) is 13.5. The van der Waals surface area contributed by atoms with Crippen LogP contribution in [0, 0.1) is 0 Å². The minimum atomic E-state index is 0.697. The lowest BCUT2D eigenvalue weighted by Crippen LogP contribution is -2.03. The zero-order chi connectivity index (χ0) is 29.5. The first kappa shape index (κ1) is 25.0. The summed E-state index contributed by atoms with van der Waals surface area (Å²) >= 11 is 3.58. The molecule has 0 radical (unpaired) electrons. The molecule has 10 aromatic rings. The molecule has 6 aromatic carbocycles. The highest BCUT2D eigenvalue weighted by atomic mass is 32.1. The number of hydrogen-bond acceptors (Lipinski definition) is 4. The summed E-state index contributed by atoms with van der Waals surface area (Å²) in [5.74, 6) is 0.697. The molecule has 0 N–H and O–H groups in total. The van der Waals surface area contributed by atoms with Gasteiger partial charge in [0.1, 0.15) is 4.83 Å². The van der Waals surface area contributed by atoms with Gasteiger partial charge < -0.3 is 0 Å². The zero-order valence-corrected chi connectivity index (χ0v) is 25.6. The van der Waals surface area contributed by atoms with Crippen LogP contribution in [-0.4, -0.2) is 14.5 Å². The van der Waals surface area contributed by atoms with E-state index in [1.165, 1.54) is 52.2 Å². The van der Waals surface area contributed by atoms with E-state index in [2.05, 4.69) is 144 Å². The van der Waals surface area contributed by atoms with Gasteiger partial charge in [0, 0.05) is 52.0 Å². The van der Waals surface area contributed by atoms with Crippen LogP contribution >= 0.6 is 22.7 Å². The van der Waals surface area contributed by atoms with E-state index in [-0.39, 0.29) is 0 Å². The maximum Gasteiger partial charge on any atom is 0.236 e. The first-order valence-electron chi connectivity index (χ1n) is 15.0. The largest absolute Gasteiger partial charge is 0.277 e. The summed E-state index contributed by atoms with van der Waals surface area (Å²) in [5.41, 5.74) is 6.67. The van der Waals surface area contributed by atoms with Crippen molar-refractivity contribution in [2.24, 2.45) is 0 Å². The van der Waals surface area contributed by atoms with Crippen LogP contribution in [0.5, 0.6) is 0 Å². The van der Waals surface area contributed by atoms with Crippen LogP contribution in [0.15, 0.2) is 140 Å². The number of para-hydroxylation sites is 1. The van der Waals surface area contributed by atoms with Gasteiger partial charge >= 0.3 is 0 Å². The van der Waals surface area contributed by atoms with Gasteiger partial charge in [0.2, 0.25) is 5.95 Å². The number of rotatable bonds is 3. The Hall–Kier alpha value is -5.36. The predicted molar refractivity (Wildman–Crippen MR) is 193 cm³/mol. The number of aromatic nitrogens is 3. The van der Waals surface area contributed by atoms with Crippen molar-refractivity contribution in [3.8, 4) is 28.3 Å². The lowest BCUT2D eigenvalue weighted by atomic mass is 10.00. The smallest absolute Gasteiger partial charge is 0.236 e. The van der Waals surface area contributed by atoms with Gasteiger partial charge in [0.05, 0.1) is 16.7 Å². The predicted octanol–water partition coefficient (Wildman–Crippen LogP) is 11.6. The molecule has 0 saturated carbocycles. The summed E-state index contributed by atoms with van der Waals surface area (Å²) < 4.78 is 6.08. The summed E-state index contributed by atoms with van der Waals surface area (Å²) in [5, 5.41) is 7.25. The van der Waals surface area contributed by atoms with Crippen LogP contribution < -0.4 is 0 Å². The molecule has 210 valence electrons. The summed E-state index contributed by atoms with van der Waals surface area (Å²) in [7, 11) is 0. The molecule has 0 atom stereocenters. The third-order valence-corrected chi connectivity index (χ3v) is 11.0. The van der Waals surface area contributed by atoms with Gasteiger partial charge in [-0.25, -0.2) is 9.97 Å². The molecule has 0 spiro atoms. The molecule has 4 aromatic heterocycles. The van der Waals surface area contributed by atoms with Crippen molar-refractivity contribution < 1.29 is 0 Å². The van der Waals surface area contributed by atoms with Crippen molar-refractivity contribution in [3.05, 3.63) is 140 Å². The standard InChI is InChI=1S/C40H23N3S2/c1-2-11-24(12-3-1)25-13-10-14-26(23-25)37-36-30-17-6-9-20-33(30)45-39(36)42-40(41-37)43-31-18-7-4-15-27(31)28-21-22-34-35(38(28)43)29-16-5-8-19-32(29)44-34/h1-23H. The molecule has 10 rings (SSSR count). The molecule has 0 amide bonds. The topological polar surface area (TPSA) is 30.7 Å². The fourth-order valence-electron chi connectivity index (χ4n) is 6.87. The second kappa shape index (κ2) is 9.57. The highest BCUT2D eigenvalue weighted by Gasteiger charge is 2.22. The van der Waals surface area contributed by atoms with Gasteiger partial charge in [-0.05, 0) is 41.5 Å². The van der Waals surface area contributed by atoms with Gasteiger partial charge in [-0.3, -0.25) is 4.57 Å². The lowest BCUT2D eigenvalue weighted by molar-refractivity contribution is 1.02. The van der Waals surface area contributed by atoms with E-state index in [1.54, 1.807) is 11.3 Å². The van der Waals surface area contributed by atoms with E-state index < -0.39 is 0 Å². The summed E-state index contributed by atoms with van der Waals surface area (Å²) in [6.07, 6.45) is 0. The molecule has 0 aliphatic rings. The molecule has 0 fully saturated rings. The van der Waals surface area contributed by atoms with Gasteiger partial charge in [-0.15, -0.1) is 22.7 Å². The van der Waals surface area contributed by atoms with Gasteiger partial charge in [0.25, 0.3) is 0 Å². The fraction of sp³-hybridized carbons (Fsp3) is 0. The van der Waals surface area contributed by atoms with Gasteiger partial charge in [-0.2, -0.15) is 0 Å².